The number of nitrogens with one attached hydrogen (secondary N) is 1. The van der Waals surface area contributed by atoms with Crippen LogP contribution in [-0.4, -0.2) is 12.5 Å². The highest BCUT2D eigenvalue weighted by atomic mass is 16.1. The molecular weight excluding hydrogens is 224 g/mol. The molecule has 0 heterocycles. The first-order chi connectivity index (χ1) is 8.40. The van der Waals surface area contributed by atoms with Gasteiger partial charge in [-0.15, -0.1) is 0 Å². The molecule has 1 amide bonds. The highest BCUT2D eigenvalue weighted by molar-refractivity contribution is 5.91. The summed E-state index contributed by atoms with van der Waals surface area (Å²) in [4.78, 5) is 11.8. The molecule has 0 aliphatic heterocycles. The van der Waals surface area contributed by atoms with Crippen molar-refractivity contribution in [1.82, 2.24) is 0 Å². The van der Waals surface area contributed by atoms with Crippen molar-refractivity contribution in [1.29, 1.82) is 0 Å². The molecule has 1 aromatic rings. The second-order valence-electron chi connectivity index (χ2n) is 5.88. The van der Waals surface area contributed by atoms with E-state index in [-0.39, 0.29) is 11.3 Å². The van der Waals surface area contributed by atoms with Gasteiger partial charge in [-0.05, 0) is 42.5 Å². The van der Waals surface area contributed by atoms with E-state index in [0.717, 1.165) is 18.5 Å². The molecule has 1 aromatic carbocycles. The Hall–Kier alpha value is -1.35. The van der Waals surface area contributed by atoms with Crippen LogP contribution in [0.1, 0.15) is 39.2 Å². The lowest BCUT2D eigenvalue weighted by atomic mass is 9.92. The molecule has 0 spiro atoms. The van der Waals surface area contributed by atoms with Crippen molar-refractivity contribution in [2.24, 2.45) is 11.1 Å². The molecule has 3 heteroatoms. The summed E-state index contributed by atoms with van der Waals surface area (Å²) < 4.78 is 0. The fraction of sp³-hybridized carbons (Fsp3) is 0.533. The van der Waals surface area contributed by atoms with Gasteiger partial charge in [-0.25, -0.2) is 0 Å². The quantitative estimate of drug-likeness (QED) is 0.841. The van der Waals surface area contributed by atoms with Crippen LogP contribution in [0.4, 0.5) is 5.69 Å². The van der Waals surface area contributed by atoms with E-state index in [1.807, 2.05) is 18.2 Å². The van der Waals surface area contributed by atoms with Crippen molar-refractivity contribution in [2.45, 2.75) is 40.0 Å². The molecule has 0 fully saturated rings. The molecule has 0 saturated heterocycles. The van der Waals surface area contributed by atoms with Gasteiger partial charge in [0.25, 0.3) is 0 Å². The van der Waals surface area contributed by atoms with E-state index in [0.29, 0.717) is 13.0 Å². The molecule has 0 radical (unpaired) electrons. The Labute approximate surface area is 110 Å². The fourth-order valence-electron chi connectivity index (χ4n) is 1.80. The number of benzene rings is 1. The van der Waals surface area contributed by atoms with Gasteiger partial charge in [-0.2, -0.15) is 0 Å². The van der Waals surface area contributed by atoms with Crippen molar-refractivity contribution in [3.05, 3.63) is 29.8 Å². The van der Waals surface area contributed by atoms with Crippen molar-refractivity contribution in [3.63, 3.8) is 0 Å². The first-order valence-corrected chi connectivity index (χ1v) is 6.49. The lowest BCUT2D eigenvalue weighted by Gasteiger charge is -2.17. The van der Waals surface area contributed by atoms with E-state index in [1.165, 1.54) is 5.56 Å². The van der Waals surface area contributed by atoms with Crippen molar-refractivity contribution < 1.29 is 4.79 Å². The summed E-state index contributed by atoms with van der Waals surface area (Å²) in [5.74, 6) is 0.0680. The summed E-state index contributed by atoms with van der Waals surface area (Å²) in [5.41, 5.74) is 7.60. The number of hydrogen-bond acceptors (Lipinski definition) is 2. The average molecular weight is 248 g/mol. The third-order valence-electron chi connectivity index (χ3n) is 2.57. The van der Waals surface area contributed by atoms with Gasteiger partial charge in [0.05, 0.1) is 0 Å². The van der Waals surface area contributed by atoms with Crippen LogP contribution in [0.15, 0.2) is 24.3 Å². The zero-order valence-electron chi connectivity index (χ0n) is 11.6. The molecule has 100 valence electrons. The summed E-state index contributed by atoms with van der Waals surface area (Å²) in [6.45, 7) is 6.87. The lowest BCUT2D eigenvalue weighted by molar-refractivity contribution is -0.117. The Morgan fingerprint density at radius 3 is 2.67 bits per heavy atom. The third kappa shape index (κ3) is 5.82. The van der Waals surface area contributed by atoms with E-state index < -0.39 is 0 Å². The summed E-state index contributed by atoms with van der Waals surface area (Å²) >= 11 is 0. The molecule has 1 rings (SSSR count). The molecule has 0 saturated carbocycles. The molecule has 3 nitrogen and oxygen atoms in total. The summed E-state index contributed by atoms with van der Waals surface area (Å²) in [6.07, 6.45) is 2.46. The monoisotopic (exact) mass is 248 g/mol. The van der Waals surface area contributed by atoms with E-state index >= 15 is 0 Å². The number of aryl methyl sites for hydroxylation is 1. The number of carbonyl (C=O) groups excluding carboxylic acids is 1. The minimum absolute atomic E-state index is 0.0151. The SMILES string of the molecule is CC(C)(C)CC(=O)Nc1cccc(CCCN)c1. The Morgan fingerprint density at radius 1 is 1.33 bits per heavy atom. The van der Waals surface area contributed by atoms with Crippen LogP contribution < -0.4 is 11.1 Å². The molecule has 0 aliphatic carbocycles. The smallest absolute Gasteiger partial charge is 0.224 e. The highest BCUT2D eigenvalue weighted by Gasteiger charge is 2.15. The summed E-state index contributed by atoms with van der Waals surface area (Å²) in [5, 5.41) is 2.95. The van der Waals surface area contributed by atoms with Gasteiger partial charge in [-0.1, -0.05) is 32.9 Å². The third-order valence-corrected chi connectivity index (χ3v) is 2.57. The molecule has 0 aromatic heterocycles. The largest absolute Gasteiger partial charge is 0.330 e. The number of carbonyl (C=O) groups is 1. The maximum absolute atomic E-state index is 11.8. The van der Waals surface area contributed by atoms with Crippen molar-refractivity contribution in [2.75, 3.05) is 11.9 Å². The minimum Gasteiger partial charge on any atom is -0.330 e. The zero-order chi connectivity index (χ0) is 13.6. The predicted molar refractivity (Wildman–Crippen MR) is 76.5 cm³/mol. The van der Waals surface area contributed by atoms with Gasteiger partial charge in [0.2, 0.25) is 5.91 Å². The van der Waals surface area contributed by atoms with Crippen LogP contribution in [-0.2, 0) is 11.2 Å². The first kappa shape index (κ1) is 14.7. The van der Waals surface area contributed by atoms with Gasteiger partial charge >= 0.3 is 0 Å². The van der Waals surface area contributed by atoms with Gasteiger partial charge in [0.1, 0.15) is 0 Å². The second-order valence-corrected chi connectivity index (χ2v) is 5.88. The van der Waals surface area contributed by atoms with Crippen molar-refractivity contribution >= 4 is 11.6 Å². The zero-order valence-corrected chi connectivity index (χ0v) is 11.6. The first-order valence-electron chi connectivity index (χ1n) is 6.49. The summed E-state index contributed by atoms with van der Waals surface area (Å²) in [7, 11) is 0. The van der Waals surface area contributed by atoms with Crippen LogP contribution >= 0.6 is 0 Å². The van der Waals surface area contributed by atoms with Gasteiger partial charge in [0.15, 0.2) is 0 Å². The van der Waals surface area contributed by atoms with Crippen molar-refractivity contribution in [3.8, 4) is 0 Å². The molecule has 3 N–H and O–H groups in total. The van der Waals surface area contributed by atoms with Gasteiger partial charge in [-0.3, -0.25) is 4.79 Å². The maximum Gasteiger partial charge on any atom is 0.224 e. The maximum atomic E-state index is 11.8. The molecule has 0 aliphatic rings. The van der Waals surface area contributed by atoms with E-state index in [1.54, 1.807) is 0 Å². The molecule has 0 bridgehead atoms. The topological polar surface area (TPSA) is 55.1 Å². The van der Waals surface area contributed by atoms with Crippen LogP contribution in [0.25, 0.3) is 0 Å². The Kier molecular flexibility index (Phi) is 5.35. The molecular formula is C15H24N2O. The number of rotatable bonds is 5. The highest BCUT2D eigenvalue weighted by Crippen LogP contribution is 2.20. The Morgan fingerprint density at radius 2 is 2.06 bits per heavy atom. The average Bonchev–Trinajstić information content (AvgIpc) is 2.24. The normalized spacial score (nSPS) is 11.3. The van der Waals surface area contributed by atoms with Crippen LogP contribution in [0.3, 0.4) is 0 Å². The number of hydrogen-bond donors (Lipinski definition) is 2. The van der Waals surface area contributed by atoms with E-state index in [9.17, 15) is 4.79 Å². The fourth-order valence-corrected chi connectivity index (χ4v) is 1.80. The Bertz CT molecular complexity index is 394. The van der Waals surface area contributed by atoms with Crippen LogP contribution in [0.2, 0.25) is 0 Å². The van der Waals surface area contributed by atoms with Gasteiger partial charge in [0, 0.05) is 12.1 Å². The molecule has 0 atom stereocenters. The van der Waals surface area contributed by atoms with E-state index in [2.05, 4.69) is 32.2 Å². The minimum atomic E-state index is 0.0151. The predicted octanol–water partition coefficient (Wildman–Crippen LogP) is 2.95. The molecule has 18 heavy (non-hydrogen) atoms. The van der Waals surface area contributed by atoms with Crippen LogP contribution in [0.5, 0.6) is 0 Å². The van der Waals surface area contributed by atoms with E-state index in [4.69, 9.17) is 5.73 Å². The number of nitrogens with two attached hydrogens (primary N) is 1. The molecule has 0 unspecified atom stereocenters. The van der Waals surface area contributed by atoms with Gasteiger partial charge < -0.3 is 11.1 Å². The lowest BCUT2D eigenvalue weighted by Crippen LogP contribution is -2.19. The van der Waals surface area contributed by atoms with Crippen LogP contribution in [0, 0.1) is 5.41 Å². The standard InChI is InChI=1S/C15H24N2O/c1-15(2,3)11-14(18)17-13-8-4-6-12(10-13)7-5-9-16/h4,6,8,10H,5,7,9,11,16H2,1-3H3,(H,17,18). The Balaban J connectivity index is 2.59. The number of amides is 1. The number of anilines is 1. The second kappa shape index (κ2) is 6.55. The summed E-state index contributed by atoms with van der Waals surface area (Å²) in [6, 6.07) is 7.98.